The van der Waals surface area contributed by atoms with Gasteiger partial charge in [0.1, 0.15) is 5.69 Å². The van der Waals surface area contributed by atoms with Crippen molar-refractivity contribution in [3.8, 4) is 28.3 Å². The van der Waals surface area contributed by atoms with E-state index in [0.29, 0.717) is 27.8 Å². The van der Waals surface area contributed by atoms with Gasteiger partial charge >= 0.3 is 0 Å². The molecule has 2 aromatic carbocycles. The Morgan fingerprint density at radius 2 is 1.79 bits per heavy atom. The average Bonchev–Trinajstić information content (AvgIpc) is 3.56. The van der Waals surface area contributed by atoms with E-state index in [1.165, 1.54) is 30.1 Å². The third-order valence-corrected chi connectivity index (χ3v) is 6.63. The minimum atomic E-state index is -0.455. The zero-order chi connectivity index (χ0) is 27.2. The molecular weight excluding hydrogens is 518 g/mol. The molecule has 3 heterocycles. The van der Waals surface area contributed by atoms with Gasteiger partial charge in [0.15, 0.2) is 11.0 Å². The van der Waals surface area contributed by atoms with Gasteiger partial charge in [-0.3, -0.25) is 19.9 Å². The lowest BCUT2D eigenvalue weighted by Crippen LogP contribution is -2.20. The van der Waals surface area contributed by atoms with Crippen LogP contribution < -0.4 is 5.43 Å². The molecule has 39 heavy (non-hydrogen) atoms. The van der Waals surface area contributed by atoms with Crippen molar-refractivity contribution >= 4 is 29.6 Å². The molecule has 1 amide bonds. The summed E-state index contributed by atoms with van der Waals surface area (Å²) in [5, 5.41) is 28.8. The topological polar surface area (TPSA) is 146 Å². The lowest BCUT2D eigenvalue weighted by Gasteiger charge is -2.03. The van der Waals surface area contributed by atoms with Crippen LogP contribution >= 0.6 is 11.8 Å². The van der Waals surface area contributed by atoms with E-state index in [1.807, 2.05) is 54.1 Å². The van der Waals surface area contributed by atoms with Gasteiger partial charge in [0, 0.05) is 54.5 Å². The van der Waals surface area contributed by atoms with Crippen LogP contribution in [0.25, 0.3) is 28.3 Å². The summed E-state index contributed by atoms with van der Waals surface area (Å²) in [5.74, 6) is 0.433. The summed E-state index contributed by atoms with van der Waals surface area (Å²) in [6, 6.07) is 19.3. The first-order valence-corrected chi connectivity index (χ1v) is 12.6. The van der Waals surface area contributed by atoms with Gasteiger partial charge in [-0.15, -0.1) is 10.2 Å². The first kappa shape index (κ1) is 25.5. The largest absolute Gasteiger partial charge is 0.305 e. The van der Waals surface area contributed by atoms with Crippen LogP contribution in [-0.4, -0.2) is 52.3 Å². The minimum absolute atomic E-state index is 0.0166. The molecule has 0 spiro atoms. The van der Waals surface area contributed by atoms with Crippen LogP contribution in [0.4, 0.5) is 5.69 Å². The van der Waals surface area contributed by atoms with Crippen molar-refractivity contribution in [1.82, 2.24) is 35.0 Å². The Morgan fingerprint density at radius 3 is 2.51 bits per heavy atom. The van der Waals surface area contributed by atoms with Crippen LogP contribution in [0.15, 0.2) is 95.6 Å². The van der Waals surface area contributed by atoms with Gasteiger partial charge in [-0.25, -0.2) is 10.1 Å². The Hall–Kier alpha value is -5.17. The molecular formula is C26H21N9O3S. The van der Waals surface area contributed by atoms with Crippen LogP contribution in [-0.2, 0) is 11.8 Å². The van der Waals surface area contributed by atoms with Crippen molar-refractivity contribution in [1.29, 1.82) is 0 Å². The molecule has 5 aromatic rings. The van der Waals surface area contributed by atoms with Crippen molar-refractivity contribution in [3.63, 3.8) is 0 Å². The Morgan fingerprint density at radius 1 is 1.05 bits per heavy atom. The maximum absolute atomic E-state index is 12.5. The third-order valence-electron chi connectivity index (χ3n) is 5.61. The van der Waals surface area contributed by atoms with Gasteiger partial charge in [0.05, 0.1) is 22.6 Å². The molecule has 0 unspecified atom stereocenters. The van der Waals surface area contributed by atoms with Crippen molar-refractivity contribution < 1.29 is 9.72 Å². The number of rotatable bonds is 9. The van der Waals surface area contributed by atoms with Crippen LogP contribution in [0.1, 0.15) is 5.56 Å². The normalized spacial score (nSPS) is 11.1. The summed E-state index contributed by atoms with van der Waals surface area (Å²) >= 11 is 1.24. The van der Waals surface area contributed by atoms with Gasteiger partial charge < -0.3 is 4.57 Å². The van der Waals surface area contributed by atoms with Gasteiger partial charge in [0.25, 0.3) is 11.6 Å². The van der Waals surface area contributed by atoms with E-state index < -0.39 is 4.92 Å². The van der Waals surface area contributed by atoms with Crippen LogP contribution in [0.3, 0.4) is 0 Å². The van der Waals surface area contributed by atoms with Gasteiger partial charge in [-0.1, -0.05) is 30.0 Å². The number of nitro groups is 1. The zero-order valence-corrected chi connectivity index (χ0v) is 21.4. The quantitative estimate of drug-likeness (QED) is 0.129. The number of nitrogens with one attached hydrogen (secondary N) is 1. The standard InChI is InChI=1S/C26H21N9O3S/c1-33-25(19-11-13-27-14-12-19)30-31-26(33)39-17-23(36)29-28-15-20-16-34(21-5-3-2-4-6-21)32-24(20)18-7-9-22(10-8-18)35(37)38/h2-16H,17H2,1H3,(H,29,36)/b28-15-. The fraction of sp³-hybridized carbons (Fsp3) is 0.0769. The summed E-state index contributed by atoms with van der Waals surface area (Å²) in [4.78, 5) is 27.1. The number of nitro benzene ring substituents is 1. The molecule has 194 valence electrons. The number of para-hydroxylation sites is 1. The summed E-state index contributed by atoms with van der Waals surface area (Å²) in [6.45, 7) is 0. The van der Waals surface area contributed by atoms with Crippen LogP contribution in [0.2, 0.25) is 0 Å². The number of carbonyl (C=O) groups is 1. The van der Waals surface area contributed by atoms with E-state index in [1.54, 1.807) is 35.4 Å². The lowest BCUT2D eigenvalue weighted by atomic mass is 10.1. The van der Waals surface area contributed by atoms with Gasteiger partial charge in [-0.2, -0.15) is 10.2 Å². The fourth-order valence-corrected chi connectivity index (χ4v) is 4.39. The number of nitrogens with zero attached hydrogens (tertiary/aromatic N) is 8. The van der Waals surface area contributed by atoms with Crippen molar-refractivity contribution in [2.24, 2.45) is 12.1 Å². The monoisotopic (exact) mass is 539 g/mol. The number of non-ortho nitro benzene ring substituents is 1. The minimum Gasteiger partial charge on any atom is -0.305 e. The van der Waals surface area contributed by atoms with E-state index in [4.69, 9.17) is 0 Å². The molecule has 0 bridgehead atoms. The number of hydrazone groups is 1. The molecule has 0 aliphatic carbocycles. The number of carbonyl (C=O) groups excluding carboxylic acids is 1. The lowest BCUT2D eigenvalue weighted by molar-refractivity contribution is -0.384. The number of hydrogen-bond donors (Lipinski definition) is 1. The molecule has 0 saturated heterocycles. The highest BCUT2D eigenvalue weighted by atomic mass is 32.2. The molecule has 0 saturated carbocycles. The smallest absolute Gasteiger partial charge is 0.269 e. The Bertz CT molecular complexity index is 1630. The van der Waals surface area contributed by atoms with E-state index in [-0.39, 0.29) is 17.3 Å². The maximum Gasteiger partial charge on any atom is 0.269 e. The second kappa shape index (κ2) is 11.5. The van der Waals surface area contributed by atoms with E-state index in [9.17, 15) is 14.9 Å². The Kier molecular flexibility index (Phi) is 7.50. The molecule has 5 rings (SSSR count). The van der Waals surface area contributed by atoms with E-state index in [2.05, 4.69) is 30.8 Å². The second-order valence-corrected chi connectivity index (χ2v) is 9.14. The van der Waals surface area contributed by atoms with Crippen molar-refractivity contribution in [2.75, 3.05) is 5.75 Å². The highest BCUT2D eigenvalue weighted by Crippen LogP contribution is 2.25. The van der Waals surface area contributed by atoms with Crippen LogP contribution in [0.5, 0.6) is 0 Å². The van der Waals surface area contributed by atoms with Crippen LogP contribution in [0, 0.1) is 10.1 Å². The molecule has 0 radical (unpaired) electrons. The number of thioether (sulfide) groups is 1. The molecule has 0 aliphatic heterocycles. The van der Waals surface area contributed by atoms with E-state index in [0.717, 1.165) is 11.3 Å². The Labute approximate surface area is 226 Å². The number of benzene rings is 2. The van der Waals surface area contributed by atoms with Crippen molar-refractivity contribution in [2.45, 2.75) is 5.16 Å². The number of aromatic nitrogens is 6. The van der Waals surface area contributed by atoms with E-state index >= 15 is 0 Å². The fourth-order valence-electron chi connectivity index (χ4n) is 3.69. The highest BCUT2D eigenvalue weighted by Gasteiger charge is 2.15. The maximum atomic E-state index is 12.5. The molecule has 12 nitrogen and oxygen atoms in total. The number of hydrogen-bond acceptors (Lipinski definition) is 9. The summed E-state index contributed by atoms with van der Waals surface area (Å²) < 4.78 is 3.50. The molecule has 0 atom stereocenters. The van der Waals surface area contributed by atoms with Crippen molar-refractivity contribution in [3.05, 3.63) is 101 Å². The summed E-state index contributed by atoms with van der Waals surface area (Å²) in [5.41, 5.74) is 6.07. The molecule has 0 aliphatic rings. The summed E-state index contributed by atoms with van der Waals surface area (Å²) in [6.07, 6.45) is 6.63. The first-order valence-electron chi connectivity index (χ1n) is 11.6. The predicted molar refractivity (Wildman–Crippen MR) is 146 cm³/mol. The molecule has 3 aromatic heterocycles. The predicted octanol–water partition coefficient (Wildman–Crippen LogP) is 3.88. The third kappa shape index (κ3) is 5.88. The molecule has 13 heteroatoms. The number of pyridine rings is 1. The second-order valence-electron chi connectivity index (χ2n) is 8.20. The SMILES string of the molecule is Cn1c(SCC(=O)N/N=C\c2cn(-c3ccccc3)nc2-c2ccc([N+](=O)[O-])cc2)nnc1-c1ccncc1. The van der Waals surface area contributed by atoms with Gasteiger partial charge in [-0.05, 0) is 36.4 Å². The summed E-state index contributed by atoms with van der Waals surface area (Å²) in [7, 11) is 1.83. The average molecular weight is 540 g/mol. The first-order chi connectivity index (χ1) is 19.0. The highest BCUT2D eigenvalue weighted by molar-refractivity contribution is 7.99. The van der Waals surface area contributed by atoms with Gasteiger partial charge in [0.2, 0.25) is 0 Å². The molecule has 1 N–H and O–H groups in total. The Balaban J connectivity index is 1.29. The number of amides is 1. The zero-order valence-electron chi connectivity index (χ0n) is 20.6. The molecule has 0 fully saturated rings.